The van der Waals surface area contributed by atoms with Crippen LogP contribution in [0.5, 0.6) is 11.8 Å². The molecule has 2 aromatic heterocycles. The summed E-state index contributed by atoms with van der Waals surface area (Å²) in [5.74, 6) is -1.95. The van der Waals surface area contributed by atoms with E-state index in [9.17, 15) is 33.9 Å². The minimum atomic E-state index is -1.12. The number of anilines is 2. The number of hydrogen-bond acceptors (Lipinski definition) is 15. The van der Waals surface area contributed by atoms with Gasteiger partial charge in [-0.1, -0.05) is 24.1 Å². The Bertz CT molecular complexity index is 3280. The zero-order chi connectivity index (χ0) is 50.9. The molecule has 5 saturated heterocycles. The van der Waals surface area contributed by atoms with Gasteiger partial charge in [-0.05, 0) is 80.3 Å². The van der Waals surface area contributed by atoms with E-state index in [1.807, 2.05) is 0 Å². The van der Waals surface area contributed by atoms with Gasteiger partial charge < -0.3 is 35.4 Å². The molecule has 6 amide bonds. The lowest BCUT2D eigenvalue weighted by Crippen LogP contribution is -2.54. The Balaban J connectivity index is 0.747. The smallest absolute Gasteiger partial charge is 0.407 e. The number of phenols is 1. The molecule has 5 N–H and O–H groups in total. The number of piperazine rings is 1. The number of aromatic nitrogens is 3. The lowest BCUT2D eigenvalue weighted by molar-refractivity contribution is -0.136. The quantitative estimate of drug-likeness (QED) is 0.0660. The second kappa shape index (κ2) is 18.5. The van der Waals surface area contributed by atoms with E-state index in [0.29, 0.717) is 55.5 Å². The van der Waals surface area contributed by atoms with Crippen molar-refractivity contribution >= 4 is 68.8 Å². The van der Waals surface area contributed by atoms with Crippen LogP contribution in [0.25, 0.3) is 32.9 Å². The fraction of sp³-hybridized carbons (Fsp3) is 0.365. The number of aromatic hydroxyl groups is 1. The Morgan fingerprint density at radius 3 is 2.56 bits per heavy atom. The number of nitrogens with one attached hydrogen (secondary N) is 4. The van der Waals surface area contributed by atoms with Gasteiger partial charge in [-0.2, -0.15) is 9.97 Å². The largest absolute Gasteiger partial charge is 0.508 e. The molecule has 3 aromatic carbocycles. The minimum Gasteiger partial charge on any atom is -0.508 e. The van der Waals surface area contributed by atoms with E-state index in [1.54, 1.807) is 0 Å². The number of amides is 6. The highest BCUT2D eigenvalue weighted by molar-refractivity contribution is 6.24. The van der Waals surface area contributed by atoms with E-state index in [0.717, 1.165) is 23.3 Å². The van der Waals surface area contributed by atoms with Gasteiger partial charge in [0, 0.05) is 80.0 Å². The fourth-order valence-corrected chi connectivity index (χ4v) is 11.5. The monoisotopic (exact) mass is 994 g/mol. The number of nitrogens with zero attached hydrogens (tertiary/aromatic N) is 6. The van der Waals surface area contributed by atoms with Crippen LogP contribution in [-0.2, 0) is 19.1 Å². The number of ether oxygens (including phenoxy) is 2. The van der Waals surface area contributed by atoms with Crippen molar-refractivity contribution in [3.05, 3.63) is 89.1 Å². The molecule has 6 aliphatic heterocycles. The van der Waals surface area contributed by atoms with E-state index >= 15 is 8.78 Å². The number of hydrogen-bond donors (Lipinski definition) is 5. The van der Waals surface area contributed by atoms with Crippen LogP contribution < -0.4 is 30.9 Å². The third-order valence-electron chi connectivity index (χ3n) is 14.8. The maximum Gasteiger partial charge on any atom is 0.407 e. The molecule has 19 nitrogen and oxygen atoms in total. The lowest BCUT2D eigenvalue weighted by atomic mass is 9.94. The molecule has 5 unspecified atom stereocenters. The second-order valence-corrected chi connectivity index (χ2v) is 19.5. The van der Waals surface area contributed by atoms with E-state index in [1.165, 1.54) is 48.7 Å². The van der Waals surface area contributed by atoms with Crippen molar-refractivity contribution < 1.29 is 52.1 Å². The number of alkyl carbamates (subject to hydrolysis) is 1. The van der Waals surface area contributed by atoms with E-state index in [2.05, 4.69) is 53.5 Å². The summed E-state index contributed by atoms with van der Waals surface area (Å²) in [4.78, 5) is 95.3. The van der Waals surface area contributed by atoms with Crippen LogP contribution in [0, 0.1) is 24.0 Å². The molecular formula is C52H48F2N10O9. The van der Waals surface area contributed by atoms with Gasteiger partial charge in [0.15, 0.2) is 5.82 Å². The summed E-state index contributed by atoms with van der Waals surface area (Å²) in [7, 11) is 0. The van der Waals surface area contributed by atoms with Gasteiger partial charge in [-0.3, -0.25) is 44.1 Å². The molecule has 5 atom stereocenters. The SMILES string of the molecule is C#Cc1c(F)ccc2cc(O)cc(-c3ncc4c(N5CC6CCC(C5)N6)nc(OCC56CCC(COC(=O)NCCC(=O)Nc7ccc8c(c7)C(=O)N(C7CCC(=O)NC7=O)C8=O)N5CC(=C)C6)nc4c3F)c12. The normalized spacial score (nSPS) is 23.4. The van der Waals surface area contributed by atoms with Crippen molar-refractivity contribution in [3.8, 4) is 35.4 Å². The highest BCUT2D eigenvalue weighted by Gasteiger charge is 2.52. The van der Waals surface area contributed by atoms with Crippen LogP contribution in [0.1, 0.15) is 77.6 Å². The highest BCUT2D eigenvalue weighted by atomic mass is 19.1. The molecule has 5 aromatic rings. The number of fused-ring (bicyclic) bond motifs is 6. The number of rotatable bonds is 12. The molecule has 5 fully saturated rings. The fourth-order valence-electron chi connectivity index (χ4n) is 11.5. The molecule has 73 heavy (non-hydrogen) atoms. The predicted molar refractivity (Wildman–Crippen MR) is 259 cm³/mol. The number of carbonyl (C=O) groups excluding carboxylic acids is 6. The third-order valence-corrected chi connectivity index (χ3v) is 14.8. The number of pyridine rings is 1. The van der Waals surface area contributed by atoms with Crippen molar-refractivity contribution in [3.63, 3.8) is 0 Å². The Kier molecular flexibility index (Phi) is 12.0. The van der Waals surface area contributed by atoms with Gasteiger partial charge in [-0.25, -0.2) is 13.6 Å². The lowest BCUT2D eigenvalue weighted by Gasteiger charge is -2.35. The van der Waals surface area contributed by atoms with Crippen molar-refractivity contribution in [2.45, 2.75) is 81.1 Å². The number of phenolic OH excluding ortho intramolecular Hbond substituents is 1. The summed E-state index contributed by atoms with van der Waals surface area (Å²) in [5, 5.41) is 22.7. The van der Waals surface area contributed by atoms with Crippen molar-refractivity contribution in [2.75, 3.05) is 49.6 Å². The Hall–Kier alpha value is -8.09. The molecular weight excluding hydrogens is 947 g/mol. The topological polar surface area (TPSA) is 238 Å². The molecule has 0 radical (unpaired) electrons. The molecule has 0 spiro atoms. The summed E-state index contributed by atoms with van der Waals surface area (Å²) in [6.45, 7) is 6.09. The maximum absolute atomic E-state index is 17.2. The van der Waals surface area contributed by atoms with Crippen LogP contribution in [0.15, 0.2) is 60.8 Å². The average Bonchev–Trinajstić information content (AvgIpc) is 4.06. The Labute approximate surface area is 415 Å². The van der Waals surface area contributed by atoms with Crippen molar-refractivity contribution in [2.24, 2.45) is 0 Å². The molecule has 6 aliphatic rings. The Morgan fingerprint density at radius 2 is 1.78 bits per heavy atom. The summed E-state index contributed by atoms with van der Waals surface area (Å²) >= 11 is 0. The molecule has 2 bridgehead atoms. The second-order valence-electron chi connectivity index (χ2n) is 19.5. The Morgan fingerprint density at radius 1 is 0.986 bits per heavy atom. The first-order valence-electron chi connectivity index (χ1n) is 24.1. The first-order chi connectivity index (χ1) is 35.2. The van der Waals surface area contributed by atoms with Gasteiger partial charge in [0.25, 0.3) is 11.8 Å². The first-order valence-corrected chi connectivity index (χ1v) is 24.1. The zero-order valence-electron chi connectivity index (χ0n) is 39.3. The van der Waals surface area contributed by atoms with Gasteiger partial charge in [0.1, 0.15) is 47.9 Å². The number of piperidine rings is 1. The van der Waals surface area contributed by atoms with E-state index < -0.39 is 58.8 Å². The average molecular weight is 995 g/mol. The summed E-state index contributed by atoms with van der Waals surface area (Å²) in [6.07, 6.45) is 10.2. The van der Waals surface area contributed by atoms with Crippen LogP contribution in [-0.4, -0.2) is 135 Å². The first kappa shape index (κ1) is 47.2. The standard InChI is InChI=1S/C52H48F2N10O9/c1-3-33-38(53)9-4-27-16-32(65)18-36(42(27)33)44-43(54)45-37(20-56-44)46(62-22-29-5-6-30(23-62)57-29)61-50(60-45)73-25-52-14-12-31(63(52)21-26(2)19-52)24-72-51(71)55-15-13-41(67)58-28-7-8-34-35(17-28)49(70)64(48(34)69)39-10-11-40(66)59-47(39)68/h1,4,7-9,16-18,20,29-31,39,57,65H,2,5-6,10-15,19,21-25H2,(H,55,71)(H,58,67)(H,59,66,68). The third kappa shape index (κ3) is 8.59. The molecule has 11 rings (SSSR count). The summed E-state index contributed by atoms with van der Waals surface area (Å²) in [6, 6.07) is 8.59. The van der Waals surface area contributed by atoms with Gasteiger partial charge >= 0.3 is 12.1 Å². The number of benzene rings is 3. The number of carbonyl (C=O) groups is 6. The molecule has 0 saturated carbocycles. The van der Waals surface area contributed by atoms with Gasteiger partial charge in [0.2, 0.25) is 17.7 Å². The van der Waals surface area contributed by atoms with Crippen LogP contribution >= 0.6 is 0 Å². The number of imide groups is 2. The highest BCUT2D eigenvalue weighted by Crippen LogP contribution is 2.45. The summed E-state index contributed by atoms with van der Waals surface area (Å²) < 4.78 is 44.4. The molecule has 21 heteroatoms. The molecule has 374 valence electrons. The van der Waals surface area contributed by atoms with E-state index in [4.69, 9.17) is 20.9 Å². The van der Waals surface area contributed by atoms with Crippen LogP contribution in [0.4, 0.5) is 25.1 Å². The maximum atomic E-state index is 17.2. The zero-order valence-corrected chi connectivity index (χ0v) is 39.3. The van der Waals surface area contributed by atoms with E-state index in [-0.39, 0.29) is 113 Å². The number of terminal acetylenes is 1. The minimum absolute atomic E-state index is 0.00973. The predicted octanol–water partition coefficient (Wildman–Crippen LogP) is 4.45. The molecule has 8 heterocycles. The molecule has 0 aliphatic carbocycles. The summed E-state index contributed by atoms with van der Waals surface area (Å²) in [5.41, 5.74) is 0.429. The van der Waals surface area contributed by atoms with Gasteiger partial charge in [-0.15, -0.1) is 6.42 Å². The van der Waals surface area contributed by atoms with Crippen LogP contribution in [0.3, 0.4) is 0 Å². The van der Waals surface area contributed by atoms with Crippen molar-refractivity contribution in [1.29, 1.82) is 0 Å². The van der Waals surface area contributed by atoms with Crippen molar-refractivity contribution in [1.82, 2.24) is 40.7 Å². The van der Waals surface area contributed by atoms with Crippen LogP contribution in [0.2, 0.25) is 0 Å². The van der Waals surface area contributed by atoms with Gasteiger partial charge in [0.05, 0.1) is 27.6 Å². The number of halogens is 2.